The summed E-state index contributed by atoms with van der Waals surface area (Å²) in [5.74, 6) is 1.57. The van der Waals surface area contributed by atoms with Crippen LogP contribution >= 0.6 is 22.9 Å². The molecule has 0 bridgehead atoms. The normalized spacial score (nSPS) is 18.8. The summed E-state index contributed by atoms with van der Waals surface area (Å²) in [6, 6.07) is 15.0. The zero-order valence-corrected chi connectivity index (χ0v) is 25.2. The minimum atomic E-state index is -4.48. The Bertz CT molecular complexity index is 1340. The second-order valence-corrected chi connectivity index (χ2v) is 11.7. The molecule has 1 saturated carbocycles. The van der Waals surface area contributed by atoms with Gasteiger partial charge in [-0.1, -0.05) is 62.4 Å². The number of alkyl halides is 3. The topological polar surface area (TPSA) is 54.5 Å². The maximum Gasteiger partial charge on any atom is 0.416 e. The Kier molecular flexibility index (Phi) is 9.41. The van der Waals surface area contributed by atoms with Gasteiger partial charge in [-0.3, -0.25) is 4.79 Å². The van der Waals surface area contributed by atoms with E-state index in [2.05, 4.69) is 13.4 Å². The van der Waals surface area contributed by atoms with Gasteiger partial charge in [0, 0.05) is 35.5 Å². The Hall–Kier alpha value is -2.82. The lowest BCUT2D eigenvalue weighted by atomic mass is 9.84. The van der Waals surface area contributed by atoms with Crippen LogP contribution in [0.15, 0.2) is 60.8 Å². The molecular formula is C32H35F3IN3O2. The van der Waals surface area contributed by atoms with Gasteiger partial charge in [-0.2, -0.15) is 13.2 Å². The lowest BCUT2D eigenvalue weighted by Crippen LogP contribution is -2.37. The van der Waals surface area contributed by atoms with E-state index in [1.807, 2.05) is 47.1 Å². The van der Waals surface area contributed by atoms with Crippen molar-refractivity contribution in [1.82, 2.24) is 9.88 Å². The van der Waals surface area contributed by atoms with Gasteiger partial charge in [0.2, 0.25) is 0 Å². The number of halogens is 4. The van der Waals surface area contributed by atoms with Crippen LogP contribution < -0.4 is 8.27 Å². The van der Waals surface area contributed by atoms with E-state index in [0.29, 0.717) is 23.2 Å². The third kappa shape index (κ3) is 6.98. The predicted octanol–water partition coefficient (Wildman–Crippen LogP) is 9.24. The van der Waals surface area contributed by atoms with E-state index in [9.17, 15) is 18.0 Å². The third-order valence-corrected chi connectivity index (χ3v) is 8.89. The van der Waals surface area contributed by atoms with Crippen molar-refractivity contribution in [2.45, 2.75) is 76.6 Å². The first-order valence-corrected chi connectivity index (χ1v) is 15.4. The number of carbonyl (C=O) groups is 1. The number of carbonyl (C=O) groups excluding carboxylic acids is 1. The number of benzene rings is 2. The van der Waals surface area contributed by atoms with Crippen LogP contribution in [-0.4, -0.2) is 28.4 Å². The van der Waals surface area contributed by atoms with Gasteiger partial charge in [0.05, 0.1) is 28.4 Å². The molecule has 218 valence electrons. The van der Waals surface area contributed by atoms with E-state index in [1.165, 1.54) is 44.2 Å². The quantitative estimate of drug-likeness (QED) is 0.191. The number of anilines is 1. The standard InChI is InChI=1S/C32H35F3IN3O2/c1-21(27-11-5-6-12-28(27)32(33,34)35)41-29-19-25(20-37-30(29)38-36)23-13-15-24(16-14-23)31(40)39-17-7-10-26(39)18-22-8-3-2-4-9-22/h5-6,11-16,19-22,26H,2-4,7-10,17-18H2,1H3,(H,37,38). The largest absolute Gasteiger partial charge is 0.482 e. The monoisotopic (exact) mass is 677 g/mol. The fourth-order valence-corrected chi connectivity index (χ4v) is 6.66. The highest BCUT2D eigenvalue weighted by Crippen LogP contribution is 2.38. The molecular weight excluding hydrogens is 642 g/mol. The number of nitrogens with zero attached hydrogens (tertiary/aromatic N) is 2. The Balaban J connectivity index is 1.31. The van der Waals surface area contributed by atoms with Crippen LogP contribution in [0.5, 0.6) is 5.75 Å². The Labute approximate surface area is 253 Å². The van der Waals surface area contributed by atoms with E-state index >= 15 is 0 Å². The number of ether oxygens (including phenoxy) is 1. The molecule has 2 fully saturated rings. The number of amides is 1. The van der Waals surface area contributed by atoms with Crippen LogP contribution in [0.3, 0.4) is 0 Å². The minimum absolute atomic E-state index is 0.0522. The molecule has 2 aliphatic rings. The Morgan fingerprint density at radius 3 is 2.49 bits per heavy atom. The van der Waals surface area contributed by atoms with Crippen LogP contribution in [0.25, 0.3) is 11.1 Å². The number of rotatable bonds is 8. The summed E-state index contributed by atoms with van der Waals surface area (Å²) in [6.07, 6.45) is 6.10. The van der Waals surface area contributed by atoms with Crippen LogP contribution in [0.1, 0.15) is 85.9 Å². The fraction of sp³-hybridized carbons (Fsp3) is 0.438. The summed E-state index contributed by atoms with van der Waals surface area (Å²) in [6.45, 7) is 2.40. The molecule has 1 amide bonds. The minimum Gasteiger partial charge on any atom is -0.482 e. The molecule has 41 heavy (non-hydrogen) atoms. The van der Waals surface area contributed by atoms with Crippen molar-refractivity contribution in [1.29, 1.82) is 0 Å². The van der Waals surface area contributed by atoms with Gasteiger partial charge < -0.3 is 13.2 Å². The molecule has 0 radical (unpaired) electrons. The van der Waals surface area contributed by atoms with Crippen LogP contribution in [-0.2, 0) is 6.18 Å². The lowest BCUT2D eigenvalue weighted by molar-refractivity contribution is -0.138. The molecule has 3 aromatic rings. The fourth-order valence-electron chi connectivity index (χ4n) is 6.25. The first-order chi connectivity index (χ1) is 19.7. The third-order valence-electron chi connectivity index (χ3n) is 8.38. The number of likely N-dealkylation sites (tertiary alicyclic amines) is 1. The molecule has 9 heteroatoms. The van der Waals surface area contributed by atoms with Gasteiger partial charge in [0.1, 0.15) is 6.10 Å². The van der Waals surface area contributed by atoms with Crippen LogP contribution in [0.4, 0.5) is 19.0 Å². The van der Waals surface area contributed by atoms with Gasteiger partial charge in [-0.25, -0.2) is 4.98 Å². The Morgan fingerprint density at radius 2 is 1.78 bits per heavy atom. The molecule has 5 nitrogen and oxygen atoms in total. The van der Waals surface area contributed by atoms with Crippen molar-refractivity contribution in [3.63, 3.8) is 0 Å². The summed E-state index contributed by atoms with van der Waals surface area (Å²) in [4.78, 5) is 19.9. The zero-order valence-electron chi connectivity index (χ0n) is 23.1. The molecule has 1 N–H and O–H groups in total. The summed E-state index contributed by atoms with van der Waals surface area (Å²) >= 11 is 1.92. The molecule has 1 saturated heterocycles. The van der Waals surface area contributed by atoms with Crippen molar-refractivity contribution in [2.24, 2.45) is 5.92 Å². The maximum atomic E-state index is 13.6. The highest BCUT2D eigenvalue weighted by atomic mass is 127. The van der Waals surface area contributed by atoms with E-state index in [-0.39, 0.29) is 11.5 Å². The predicted molar refractivity (Wildman–Crippen MR) is 163 cm³/mol. The number of pyridine rings is 1. The van der Waals surface area contributed by atoms with Crippen molar-refractivity contribution in [3.05, 3.63) is 77.5 Å². The summed E-state index contributed by atoms with van der Waals surface area (Å²) in [5.41, 5.74) is 1.57. The van der Waals surface area contributed by atoms with E-state index < -0.39 is 17.8 Å². The second kappa shape index (κ2) is 13.0. The van der Waals surface area contributed by atoms with Gasteiger partial charge in [0.25, 0.3) is 5.91 Å². The molecule has 1 aromatic heterocycles. The maximum absolute atomic E-state index is 13.6. The second-order valence-electron chi connectivity index (χ2n) is 11.1. The molecule has 2 heterocycles. The Morgan fingerprint density at radius 1 is 1.05 bits per heavy atom. The first kappa shape index (κ1) is 29.7. The molecule has 5 rings (SSSR count). The molecule has 2 atom stereocenters. The highest BCUT2D eigenvalue weighted by molar-refractivity contribution is 14.1. The average molecular weight is 678 g/mol. The smallest absolute Gasteiger partial charge is 0.416 e. The average Bonchev–Trinajstić information content (AvgIpc) is 3.45. The van der Waals surface area contributed by atoms with Gasteiger partial charge in [-0.15, -0.1) is 0 Å². The summed E-state index contributed by atoms with van der Waals surface area (Å²) < 4.78 is 49.7. The SMILES string of the molecule is CC(Oc1cc(-c2ccc(C(=O)N3CCCC3CC3CCCCC3)cc2)cnc1NI)c1ccccc1C(F)(F)F. The zero-order chi connectivity index (χ0) is 29.0. The molecule has 2 unspecified atom stereocenters. The number of hydrogen-bond donors (Lipinski definition) is 1. The number of nitrogens with one attached hydrogen (secondary N) is 1. The summed E-state index contributed by atoms with van der Waals surface area (Å²) in [7, 11) is 0. The molecule has 1 aliphatic carbocycles. The van der Waals surface area contributed by atoms with Crippen LogP contribution in [0, 0.1) is 5.92 Å². The molecule has 0 spiro atoms. The number of aromatic nitrogens is 1. The van der Waals surface area contributed by atoms with Gasteiger partial charge >= 0.3 is 6.18 Å². The van der Waals surface area contributed by atoms with Crippen LogP contribution in [0.2, 0.25) is 0 Å². The molecule has 2 aromatic carbocycles. The van der Waals surface area contributed by atoms with Crippen molar-refractivity contribution in [2.75, 3.05) is 10.1 Å². The van der Waals surface area contributed by atoms with Gasteiger partial charge in [0.15, 0.2) is 11.6 Å². The lowest BCUT2D eigenvalue weighted by Gasteiger charge is -2.30. The number of hydrogen-bond acceptors (Lipinski definition) is 4. The van der Waals surface area contributed by atoms with Crippen molar-refractivity contribution >= 4 is 34.6 Å². The highest BCUT2D eigenvalue weighted by Gasteiger charge is 2.35. The van der Waals surface area contributed by atoms with Crippen molar-refractivity contribution in [3.8, 4) is 16.9 Å². The van der Waals surface area contributed by atoms with Crippen molar-refractivity contribution < 1.29 is 22.7 Å². The van der Waals surface area contributed by atoms with Gasteiger partial charge in [-0.05, 0) is 61.9 Å². The molecule has 1 aliphatic heterocycles. The van der Waals surface area contributed by atoms with E-state index in [1.54, 1.807) is 25.3 Å². The summed E-state index contributed by atoms with van der Waals surface area (Å²) in [5, 5.41) is 0. The van der Waals surface area contributed by atoms with E-state index in [0.717, 1.165) is 48.9 Å². The van der Waals surface area contributed by atoms with E-state index in [4.69, 9.17) is 4.74 Å². The first-order valence-electron chi connectivity index (χ1n) is 14.4.